The highest BCUT2D eigenvalue weighted by Gasteiger charge is 2.19. The van der Waals surface area contributed by atoms with Crippen molar-refractivity contribution < 1.29 is 19.1 Å². The number of anilines is 1. The van der Waals surface area contributed by atoms with Crippen LogP contribution in [0.2, 0.25) is 0 Å². The minimum Gasteiger partial charge on any atom is -0.482 e. The third-order valence-electron chi connectivity index (χ3n) is 3.70. The molecule has 0 radical (unpaired) electrons. The summed E-state index contributed by atoms with van der Waals surface area (Å²) in [4.78, 5) is 24.1. The molecule has 1 atom stereocenters. The van der Waals surface area contributed by atoms with Crippen molar-refractivity contribution in [2.75, 3.05) is 11.9 Å². The van der Waals surface area contributed by atoms with Gasteiger partial charge in [-0.05, 0) is 51.0 Å². The monoisotopic (exact) mass is 341 g/mol. The zero-order chi connectivity index (χ0) is 18.4. The lowest BCUT2D eigenvalue weighted by molar-refractivity contribution is -0.155. The number of carbonyl (C=O) groups excluding carboxylic acids is 2. The van der Waals surface area contributed by atoms with Crippen LogP contribution in [0.3, 0.4) is 0 Å². The van der Waals surface area contributed by atoms with Gasteiger partial charge in [0.05, 0.1) is 0 Å². The van der Waals surface area contributed by atoms with E-state index in [1.54, 1.807) is 12.1 Å². The van der Waals surface area contributed by atoms with Gasteiger partial charge in [0.1, 0.15) is 5.75 Å². The Labute approximate surface area is 148 Å². The summed E-state index contributed by atoms with van der Waals surface area (Å²) in [6.45, 7) is 7.15. The predicted molar refractivity (Wildman–Crippen MR) is 96.8 cm³/mol. The maximum Gasteiger partial charge on any atom is 0.344 e. The fraction of sp³-hybridized carbons (Fsp3) is 0.300. The normalized spacial score (nSPS) is 11.5. The molecule has 0 fully saturated rings. The summed E-state index contributed by atoms with van der Waals surface area (Å²) in [6.07, 6.45) is -0.910. The Morgan fingerprint density at radius 1 is 1.04 bits per heavy atom. The standard InChI is InChI=1S/C20H23NO4/c1-13-10-14(2)19(15(3)11-13)21-20(23)16(4)25-18(22)12-24-17-8-6-5-7-9-17/h5-11,16H,12H2,1-4H3,(H,21,23)/t16-/m1/s1. The summed E-state index contributed by atoms with van der Waals surface area (Å²) in [5.74, 6) is -0.394. The molecule has 0 aromatic heterocycles. The first-order valence-corrected chi connectivity index (χ1v) is 8.13. The maximum atomic E-state index is 12.3. The van der Waals surface area contributed by atoms with E-state index in [2.05, 4.69) is 5.32 Å². The zero-order valence-corrected chi connectivity index (χ0v) is 15.0. The molecule has 2 aromatic rings. The van der Waals surface area contributed by atoms with Gasteiger partial charge < -0.3 is 14.8 Å². The fourth-order valence-electron chi connectivity index (χ4n) is 2.55. The van der Waals surface area contributed by atoms with Gasteiger partial charge in [-0.2, -0.15) is 0 Å². The number of rotatable bonds is 6. The lowest BCUT2D eigenvalue weighted by Gasteiger charge is -2.17. The van der Waals surface area contributed by atoms with Gasteiger partial charge >= 0.3 is 5.97 Å². The van der Waals surface area contributed by atoms with Gasteiger partial charge in [0, 0.05) is 5.69 Å². The molecule has 5 nitrogen and oxygen atoms in total. The Morgan fingerprint density at radius 2 is 1.64 bits per heavy atom. The molecule has 0 spiro atoms. The van der Waals surface area contributed by atoms with E-state index in [-0.39, 0.29) is 12.5 Å². The first kappa shape index (κ1) is 18.5. The van der Waals surface area contributed by atoms with Crippen LogP contribution in [0, 0.1) is 20.8 Å². The van der Waals surface area contributed by atoms with Crippen molar-refractivity contribution in [3.8, 4) is 5.75 Å². The number of hydrogen-bond donors (Lipinski definition) is 1. The fourth-order valence-corrected chi connectivity index (χ4v) is 2.55. The molecule has 0 saturated heterocycles. The largest absolute Gasteiger partial charge is 0.482 e. The number of benzene rings is 2. The lowest BCUT2D eigenvalue weighted by atomic mass is 10.0. The molecule has 2 aromatic carbocycles. The topological polar surface area (TPSA) is 64.6 Å². The molecule has 1 amide bonds. The molecule has 2 rings (SSSR count). The molecule has 132 valence electrons. The number of ether oxygens (including phenoxy) is 2. The molecule has 0 unspecified atom stereocenters. The summed E-state index contributed by atoms with van der Waals surface area (Å²) in [7, 11) is 0. The second-order valence-electron chi connectivity index (χ2n) is 6.00. The van der Waals surface area contributed by atoms with Crippen LogP contribution in [0.5, 0.6) is 5.75 Å². The molecular weight excluding hydrogens is 318 g/mol. The molecule has 1 N–H and O–H groups in total. The molecule has 25 heavy (non-hydrogen) atoms. The predicted octanol–water partition coefficient (Wildman–Crippen LogP) is 3.56. The highest BCUT2D eigenvalue weighted by Crippen LogP contribution is 2.22. The summed E-state index contributed by atoms with van der Waals surface area (Å²) >= 11 is 0. The highest BCUT2D eigenvalue weighted by molar-refractivity contribution is 5.96. The molecule has 0 aliphatic heterocycles. The Balaban J connectivity index is 1.89. The maximum absolute atomic E-state index is 12.3. The number of amides is 1. The van der Waals surface area contributed by atoms with Crippen LogP contribution >= 0.6 is 0 Å². The summed E-state index contributed by atoms with van der Waals surface area (Å²) in [5.41, 5.74) is 3.82. The number of nitrogens with one attached hydrogen (secondary N) is 1. The Kier molecular flexibility index (Phi) is 6.17. The van der Waals surface area contributed by atoms with Crippen molar-refractivity contribution in [2.45, 2.75) is 33.8 Å². The summed E-state index contributed by atoms with van der Waals surface area (Å²) < 4.78 is 10.4. The third kappa shape index (κ3) is 5.35. The number of hydrogen-bond acceptors (Lipinski definition) is 4. The molecule has 0 saturated carbocycles. The van der Waals surface area contributed by atoms with E-state index >= 15 is 0 Å². The Bertz CT molecular complexity index is 733. The van der Waals surface area contributed by atoms with Gasteiger partial charge in [-0.3, -0.25) is 4.79 Å². The van der Waals surface area contributed by atoms with Crippen LogP contribution in [-0.4, -0.2) is 24.6 Å². The third-order valence-corrected chi connectivity index (χ3v) is 3.70. The van der Waals surface area contributed by atoms with E-state index in [9.17, 15) is 9.59 Å². The van der Waals surface area contributed by atoms with Gasteiger partial charge in [-0.1, -0.05) is 35.9 Å². The number of para-hydroxylation sites is 1. The van der Waals surface area contributed by atoms with Crippen molar-refractivity contribution in [2.24, 2.45) is 0 Å². The Hall–Kier alpha value is -2.82. The number of esters is 1. The van der Waals surface area contributed by atoms with Crippen molar-refractivity contribution in [3.05, 3.63) is 59.2 Å². The lowest BCUT2D eigenvalue weighted by Crippen LogP contribution is -2.32. The molecule has 0 heterocycles. The van der Waals surface area contributed by atoms with Crippen LogP contribution < -0.4 is 10.1 Å². The van der Waals surface area contributed by atoms with Gasteiger partial charge in [0.15, 0.2) is 12.7 Å². The van der Waals surface area contributed by atoms with E-state index in [1.165, 1.54) is 6.92 Å². The van der Waals surface area contributed by atoms with E-state index in [0.717, 1.165) is 22.4 Å². The van der Waals surface area contributed by atoms with Crippen LogP contribution in [-0.2, 0) is 14.3 Å². The van der Waals surface area contributed by atoms with E-state index in [1.807, 2.05) is 51.1 Å². The second-order valence-corrected chi connectivity index (χ2v) is 6.00. The van der Waals surface area contributed by atoms with E-state index in [4.69, 9.17) is 9.47 Å². The van der Waals surface area contributed by atoms with Gasteiger partial charge in [-0.25, -0.2) is 4.79 Å². The number of carbonyl (C=O) groups is 2. The Morgan fingerprint density at radius 3 is 2.24 bits per heavy atom. The van der Waals surface area contributed by atoms with Crippen molar-refractivity contribution in [3.63, 3.8) is 0 Å². The van der Waals surface area contributed by atoms with Gasteiger partial charge in [0.25, 0.3) is 5.91 Å². The smallest absolute Gasteiger partial charge is 0.344 e. The first-order valence-electron chi connectivity index (χ1n) is 8.13. The average Bonchev–Trinajstić information content (AvgIpc) is 2.57. The van der Waals surface area contributed by atoms with Crippen LogP contribution in [0.1, 0.15) is 23.6 Å². The molecule has 5 heteroatoms. The van der Waals surface area contributed by atoms with E-state index in [0.29, 0.717) is 5.75 Å². The van der Waals surface area contributed by atoms with Crippen LogP contribution in [0.4, 0.5) is 5.69 Å². The highest BCUT2D eigenvalue weighted by atomic mass is 16.6. The minimum atomic E-state index is -0.910. The molecule has 0 aliphatic rings. The van der Waals surface area contributed by atoms with Crippen molar-refractivity contribution >= 4 is 17.6 Å². The quantitative estimate of drug-likeness (QED) is 0.816. The van der Waals surface area contributed by atoms with Crippen LogP contribution in [0.15, 0.2) is 42.5 Å². The zero-order valence-electron chi connectivity index (χ0n) is 15.0. The molecule has 0 aliphatic carbocycles. The minimum absolute atomic E-state index is 0.246. The number of aryl methyl sites for hydroxylation is 3. The second kappa shape index (κ2) is 8.33. The average molecular weight is 341 g/mol. The summed E-state index contributed by atoms with van der Waals surface area (Å²) in [6, 6.07) is 12.9. The molecule has 0 bridgehead atoms. The van der Waals surface area contributed by atoms with Crippen molar-refractivity contribution in [1.82, 2.24) is 0 Å². The summed E-state index contributed by atoms with van der Waals surface area (Å²) in [5, 5.41) is 2.83. The van der Waals surface area contributed by atoms with Crippen LogP contribution in [0.25, 0.3) is 0 Å². The van der Waals surface area contributed by atoms with E-state index < -0.39 is 12.1 Å². The van der Waals surface area contributed by atoms with Gasteiger partial charge in [0.2, 0.25) is 0 Å². The van der Waals surface area contributed by atoms with Gasteiger partial charge in [-0.15, -0.1) is 0 Å². The first-order chi connectivity index (χ1) is 11.9. The SMILES string of the molecule is Cc1cc(C)c(NC(=O)[C@@H](C)OC(=O)COc2ccccc2)c(C)c1. The van der Waals surface area contributed by atoms with Crippen molar-refractivity contribution in [1.29, 1.82) is 0 Å². The molecular formula is C20H23NO4.